The maximum absolute atomic E-state index is 14.0. The Balaban J connectivity index is 0.000000406. The van der Waals surface area contributed by atoms with Crippen molar-refractivity contribution in [1.82, 2.24) is 14.4 Å². The van der Waals surface area contributed by atoms with Crippen LogP contribution in [0.15, 0.2) is 58.2 Å². The third-order valence-electron chi connectivity index (χ3n) is 4.58. The van der Waals surface area contributed by atoms with Crippen LogP contribution in [0.2, 0.25) is 0 Å². The first-order valence-corrected chi connectivity index (χ1v) is 11.0. The van der Waals surface area contributed by atoms with Crippen LogP contribution in [0, 0.1) is 5.82 Å². The number of hydrogen-bond acceptors (Lipinski definition) is 7. The molecule has 1 aromatic carbocycles. The number of aromatic nitrogens is 2. The number of alkyl halides is 3. The highest BCUT2D eigenvalue weighted by Crippen LogP contribution is 2.28. The molecule has 0 atom stereocenters. The number of pyridine rings is 1. The topological polar surface area (TPSA) is 123 Å². The summed E-state index contributed by atoms with van der Waals surface area (Å²) in [5, 5.41) is 11.1. The fraction of sp³-hybridized carbons (Fsp3) is 0.250. The van der Waals surface area contributed by atoms with Crippen LogP contribution in [-0.4, -0.2) is 46.7 Å². The predicted octanol–water partition coefficient (Wildman–Crippen LogP) is 3.17. The lowest BCUT2D eigenvalue weighted by atomic mass is 10.1. The summed E-state index contributed by atoms with van der Waals surface area (Å²) in [5.74, 6) is -2.33. The maximum atomic E-state index is 14.0. The summed E-state index contributed by atoms with van der Waals surface area (Å²) in [4.78, 5) is 12.5. The number of carbonyl (C=O) groups is 1. The van der Waals surface area contributed by atoms with Gasteiger partial charge in [-0.05, 0) is 24.3 Å². The van der Waals surface area contributed by atoms with E-state index < -0.39 is 28.0 Å². The van der Waals surface area contributed by atoms with E-state index in [-0.39, 0.29) is 24.6 Å². The van der Waals surface area contributed by atoms with Crippen molar-refractivity contribution in [1.29, 1.82) is 0 Å². The van der Waals surface area contributed by atoms with Crippen LogP contribution in [0.1, 0.15) is 17.0 Å². The molecule has 0 radical (unpaired) electrons. The first-order valence-electron chi connectivity index (χ1n) is 9.54. The minimum Gasteiger partial charge on any atom is -0.486 e. The Labute approximate surface area is 190 Å². The Morgan fingerprint density at radius 3 is 2.53 bits per heavy atom. The third-order valence-corrected chi connectivity index (χ3v) is 6.46. The van der Waals surface area contributed by atoms with E-state index in [9.17, 15) is 26.0 Å². The summed E-state index contributed by atoms with van der Waals surface area (Å²) in [6.45, 7) is 0.376. The van der Waals surface area contributed by atoms with Crippen LogP contribution in [0.5, 0.6) is 5.75 Å². The number of nitrogens with zero attached hydrogens (tertiary/aromatic N) is 3. The van der Waals surface area contributed by atoms with Crippen molar-refractivity contribution in [2.24, 2.45) is 0 Å². The van der Waals surface area contributed by atoms with Gasteiger partial charge in [-0.3, -0.25) is 4.98 Å². The molecule has 0 unspecified atom stereocenters. The largest absolute Gasteiger partial charge is 0.490 e. The Morgan fingerprint density at radius 2 is 1.91 bits per heavy atom. The van der Waals surface area contributed by atoms with Gasteiger partial charge in [0.2, 0.25) is 10.0 Å². The molecule has 1 aliphatic heterocycles. The van der Waals surface area contributed by atoms with Gasteiger partial charge in [0.15, 0.2) is 0 Å². The molecule has 3 aromatic rings. The van der Waals surface area contributed by atoms with Gasteiger partial charge < -0.3 is 14.4 Å². The zero-order valence-corrected chi connectivity index (χ0v) is 18.0. The van der Waals surface area contributed by atoms with E-state index in [1.807, 2.05) is 0 Å². The highest BCUT2D eigenvalue weighted by Gasteiger charge is 2.38. The molecule has 1 N–H and O–H groups in total. The van der Waals surface area contributed by atoms with Crippen molar-refractivity contribution in [3.8, 4) is 5.75 Å². The van der Waals surface area contributed by atoms with Gasteiger partial charge in [-0.25, -0.2) is 17.6 Å². The van der Waals surface area contributed by atoms with Gasteiger partial charge in [-0.15, -0.1) is 0 Å². The number of fused-ring (bicyclic) bond motifs is 1. The fourth-order valence-electron chi connectivity index (χ4n) is 2.93. The van der Waals surface area contributed by atoms with Crippen LogP contribution in [-0.2, 0) is 34.4 Å². The van der Waals surface area contributed by atoms with E-state index in [1.54, 1.807) is 24.5 Å². The summed E-state index contributed by atoms with van der Waals surface area (Å²) in [7, 11) is -3.96. The number of rotatable bonds is 5. The number of benzene rings is 1. The van der Waals surface area contributed by atoms with Gasteiger partial charge in [0.1, 0.15) is 34.5 Å². The van der Waals surface area contributed by atoms with Crippen LogP contribution >= 0.6 is 0 Å². The normalized spacial score (nSPS) is 14.0. The van der Waals surface area contributed by atoms with Crippen molar-refractivity contribution in [3.63, 3.8) is 0 Å². The number of carboxylic acids is 1. The van der Waals surface area contributed by atoms with Gasteiger partial charge in [0.25, 0.3) is 0 Å². The molecule has 0 bridgehead atoms. The molecular weight excluding hydrogens is 486 g/mol. The maximum Gasteiger partial charge on any atom is 0.490 e. The minimum absolute atomic E-state index is 0.0568. The number of hydrogen-bond donors (Lipinski definition) is 1. The molecule has 1 aliphatic rings. The Hall–Kier alpha value is -3.52. The summed E-state index contributed by atoms with van der Waals surface area (Å²) in [6.07, 6.45) is -1.51. The van der Waals surface area contributed by atoms with E-state index >= 15 is 0 Å². The second-order valence-electron chi connectivity index (χ2n) is 6.83. The quantitative estimate of drug-likeness (QED) is 0.527. The number of aliphatic carboxylic acids is 1. The van der Waals surface area contributed by atoms with E-state index in [4.69, 9.17) is 19.2 Å². The number of halogens is 4. The highest BCUT2D eigenvalue weighted by atomic mass is 32.2. The summed E-state index contributed by atoms with van der Waals surface area (Å²) in [5.41, 5.74) is 1.17. The zero-order chi connectivity index (χ0) is 24.9. The fourth-order valence-corrected chi connectivity index (χ4v) is 4.41. The van der Waals surface area contributed by atoms with Crippen LogP contribution in [0.4, 0.5) is 17.6 Å². The summed E-state index contributed by atoms with van der Waals surface area (Å²) in [6, 6.07) is 8.86. The Bertz CT molecular complexity index is 1250. The van der Waals surface area contributed by atoms with Gasteiger partial charge in [-0.2, -0.15) is 17.5 Å². The van der Waals surface area contributed by atoms with Gasteiger partial charge >= 0.3 is 12.1 Å². The molecule has 0 spiro atoms. The molecule has 0 aliphatic carbocycles. The monoisotopic (exact) mass is 503 g/mol. The Kier molecular flexibility index (Phi) is 7.51. The molecule has 0 saturated heterocycles. The van der Waals surface area contributed by atoms with Crippen molar-refractivity contribution < 1.29 is 45.1 Å². The van der Waals surface area contributed by atoms with Crippen molar-refractivity contribution in [2.75, 3.05) is 6.54 Å². The summed E-state index contributed by atoms with van der Waals surface area (Å²) >= 11 is 0. The van der Waals surface area contributed by atoms with Gasteiger partial charge in [-0.1, -0.05) is 17.3 Å². The molecule has 4 rings (SSSR count). The lowest BCUT2D eigenvalue weighted by molar-refractivity contribution is -0.192. The molecule has 0 saturated carbocycles. The van der Waals surface area contributed by atoms with Crippen molar-refractivity contribution in [2.45, 2.75) is 30.6 Å². The SMILES string of the molecule is O=C(O)C(F)(F)F.O=S(=O)(c1ccccc1F)N1CCc2onc(COc3cccnc3)c2C1. The van der Waals surface area contributed by atoms with Crippen LogP contribution in [0.3, 0.4) is 0 Å². The molecular formula is C20H17F4N3O6S. The molecule has 14 heteroatoms. The van der Waals surface area contributed by atoms with E-state index in [0.29, 0.717) is 29.2 Å². The van der Waals surface area contributed by atoms with Crippen molar-refractivity contribution >= 4 is 16.0 Å². The van der Waals surface area contributed by atoms with E-state index in [0.717, 1.165) is 6.07 Å². The molecule has 34 heavy (non-hydrogen) atoms. The van der Waals surface area contributed by atoms with E-state index in [1.165, 1.54) is 22.5 Å². The van der Waals surface area contributed by atoms with Crippen LogP contribution in [0.25, 0.3) is 0 Å². The second-order valence-corrected chi connectivity index (χ2v) is 8.74. The van der Waals surface area contributed by atoms with Gasteiger partial charge in [0, 0.05) is 31.3 Å². The zero-order valence-electron chi connectivity index (χ0n) is 17.2. The molecule has 182 valence electrons. The minimum atomic E-state index is -5.08. The number of sulfonamides is 1. The van der Waals surface area contributed by atoms with Gasteiger partial charge in [0.05, 0.1) is 6.20 Å². The molecule has 9 nitrogen and oxygen atoms in total. The van der Waals surface area contributed by atoms with E-state index in [2.05, 4.69) is 10.1 Å². The molecule has 0 fully saturated rings. The molecule has 0 amide bonds. The average molecular weight is 503 g/mol. The number of ether oxygens (including phenoxy) is 1. The van der Waals surface area contributed by atoms with Crippen LogP contribution < -0.4 is 4.74 Å². The second kappa shape index (κ2) is 10.2. The lowest BCUT2D eigenvalue weighted by Crippen LogP contribution is -2.36. The predicted molar refractivity (Wildman–Crippen MR) is 106 cm³/mol. The summed E-state index contributed by atoms with van der Waals surface area (Å²) < 4.78 is 83.6. The average Bonchev–Trinajstić information content (AvgIpc) is 3.20. The standard InChI is InChI=1S/C18H16FN3O4S.C2HF3O2/c19-15-5-1-2-6-18(15)27(23,24)22-9-7-17-14(11-22)16(21-26-17)12-25-13-4-3-8-20-10-13;3-2(4,5)1(6)7/h1-6,8,10H,7,9,11-12H2;(H,6,7). The lowest BCUT2D eigenvalue weighted by Gasteiger charge is -2.25. The molecule has 2 aromatic heterocycles. The first-order chi connectivity index (χ1) is 16.0. The van der Waals surface area contributed by atoms with Crippen molar-refractivity contribution in [3.05, 3.63) is 71.6 Å². The smallest absolute Gasteiger partial charge is 0.486 e. The first kappa shape index (κ1) is 25.1. The molecule has 3 heterocycles. The third kappa shape index (κ3) is 5.88. The number of carboxylic acid groups (broad SMARTS) is 1. The highest BCUT2D eigenvalue weighted by molar-refractivity contribution is 7.89. The Morgan fingerprint density at radius 1 is 1.21 bits per heavy atom.